The van der Waals surface area contributed by atoms with Crippen molar-refractivity contribution >= 4 is 11.8 Å². The summed E-state index contributed by atoms with van der Waals surface area (Å²) in [6, 6.07) is 10.4. The van der Waals surface area contributed by atoms with Gasteiger partial charge in [0.05, 0.1) is 12.3 Å². The van der Waals surface area contributed by atoms with Gasteiger partial charge in [0.2, 0.25) is 5.95 Å². The Morgan fingerprint density at radius 2 is 1.88 bits per heavy atom. The Balaban J connectivity index is 1.53. The van der Waals surface area contributed by atoms with Gasteiger partial charge < -0.3 is 15.7 Å². The van der Waals surface area contributed by atoms with Crippen LogP contribution < -0.4 is 10.6 Å². The summed E-state index contributed by atoms with van der Waals surface area (Å²) in [7, 11) is 0. The molecule has 5 nitrogen and oxygen atoms in total. The van der Waals surface area contributed by atoms with Gasteiger partial charge >= 0.3 is 0 Å². The lowest BCUT2D eigenvalue weighted by molar-refractivity contribution is 0.282. The van der Waals surface area contributed by atoms with Crippen molar-refractivity contribution in [3.8, 4) is 0 Å². The lowest BCUT2D eigenvalue weighted by Crippen LogP contribution is -2.35. The van der Waals surface area contributed by atoms with Crippen LogP contribution in [0.4, 0.5) is 11.8 Å². The van der Waals surface area contributed by atoms with Crippen molar-refractivity contribution in [3.05, 3.63) is 47.2 Å². The molecule has 2 aliphatic rings. The molecule has 2 aromatic rings. The average molecular weight is 324 g/mol. The maximum atomic E-state index is 9.20. The number of hydrogen-bond donors (Lipinski definition) is 2. The van der Waals surface area contributed by atoms with E-state index in [1.807, 2.05) is 12.1 Å². The number of anilines is 2. The van der Waals surface area contributed by atoms with E-state index in [4.69, 9.17) is 5.73 Å². The SMILES string of the molecule is Nc1nc(C2CC2)cc(N2CCCC(c3ccc(CO)cc3)C2)n1. The van der Waals surface area contributed by atoms with Gasteiger partial charge in [-0.3, -0.25) is 0 Å². The number of benzene rings is 1. The van der Waals surface area contributed by atoms with Crippen molar-refractivity contribution in [2.75, 3.05) is 23.7 Å². The van der Waals surface area contributed by atoms with Gasteiger partial charge in [0.15, 0.2) is 0 Å². The van der Waals surface area contributed by atoms with E-state index in [1.54, 1.807) is 0 Å². The minimum absolute atomic E-state index is 0.0984. The van der Waals surface area contributed by atoms with E-state index in [0.29, 0.717) is 17.8 Å². The van der Waals surface area contributed by atoms with Crippen LogP contribution in [-0.4, -0.2) is 28.2 Å². The second-order valence-corrected chi connectivity index (χ2v) is 6.97. The number of piperidine rings is 1. The topological polar surface area (TPSA) is 75.3 Å². The number of nitrogens with zero attached hydrogens (tertiary/aromatic N) is 3. The van der Waals surface area contributed by atoms with E-state index in [2.05, 4.69) is 33.1 Å². The molecule has 1 aromatic carbocycles. The summed E-state index contributed by atoms with van der Waals surface area (Å²) in [6.07, 6.45) is 4.77. The highest BCUT2D eigenvalue weighted by Gasteiger charge is 2.28. The molecule has 5 heteroatoms. The molecule has 1 aromatic heterocycles. The zero-order valence-electron chi connectivity index (χ0n) is 13.9. The van der Waals surface area contributed by atoms with Gasteiger partial charge in [0.25, 0.3) is 0 Å². The van der Waals surface area contributed by atoms with Gasteiger partial charge in [-0.25, -0.2) is 4.98 Å². The van der Waals surface area contributed by atoms with Crippen molar-refractivity contribution in [2.24, 2.45) is 0 Å². The van der Waals surface area contributed by atoms with Gasteiger partial charge in [-0.15, -0.1) is 0 Å². The van der Waals surface area contributed by atoms with E-state index >= 15 is 0 Å². The molecule has 0 amide bonds. The predicted octanol–water partition coefficient (Wildman–Crippen LogP) is 2.81. The molecule has 1 aliphatic carbocycles. The van der Waals surface area contributed by atoms with Crippen molar-refractivity contribution in [3.63, 3.8) is 0 Å². The number of aliphatic hydroxyl groups excluding tert-OH is 1. The molecule has 1 saturated carbocycles. The monoisotopic (exact) mass is 324 g/mol. The Hall–Kier alpha value is -2.14. The molecule has 1 unspecified atom stereocenters. The summed E-state index contributed by atoms with van der Waals surface area (Å²) in [5.41, 5.74) is 9.34. The van der Waals surface area contributed by atoms with Crippen molar-refractivity contribution < 1.29 is 5.11 Å². The molecule has 4 rings (SSSR count). The minimum atomic E-state index is 0.0984. The first-order chi connectivity index (χ1) is 11.7. The smallest absolute Gasteiger partial charge is 0.222 e. The van der Waals surface area contributed by atoms with Crippen LogP contribution in [0.2, 0.25) is 0 Å². The van der Waals surface area contributed by atoms with Crippen LogP contribution in [0.3, 0.4) is 0 Å². The molecule has 2 fully saturated rings. The van der Waals surface area contributed by atoms with E-state index in [9.17, 15) is 5.11 Å². The second-order valence-electron chi connectivity index (χ2n) is 6.97. The Morgan fingerprint density at radius 1 is 1.08 bits per heavy atom. The molecule has 1 aliphatic heterocycles. The quantitative estimate of drug-likeness (QED) is 0.904. The summed E-state index contributed by atoms with van der Waals surface area (Å²) in [5, 5.41) is 9.20. The standard InChI is InChI=1S/C19H24N4O/c20-19-21-17(15-7-8-15)10-18(22-19)23-9-1-2-16(11-23)14-5-3-13(12-24)4-6-14/h3-6,10,15-16,24H,1-2,7-9,11-12H2,(H2,20,21,22). The zero-order valence-corrected chi connectivity index (χ0v) is 13.9. The molecular weight excluding hydrogens is 300 g/mol. The van der Waals surface area contributed by atoms with Crippen LogP contribution in [0.5, 0.6) is 0 Å². The lowest BCUT2D eigenvalue weighted by atomic mass is 9.90. The van der Waals surface area contributed by atoms with Crippen LogP contribution >= 0.6 is 0 Å². The normalized spacial score (nSPS) is 21.0. The Bertz CT molecular complexity index is 712. The van der Waals surface area contributed by atoms with Crippen LogP contribution in [0, 0.1) is 0 Å². The van der Waals surface area contributed by atoms with Crippen molar-refractivity contribution in [1.29, 1.82) is 0 Å². The van der Waals surface area contributed by atoms with Crippen LogP contribution in [0.15, 0.2) is 30.3 Å². The highest BCUT2D eigenvalue weighted by molar-refractivity contribution is 5.46. The number of rotatable bonds is 4. The molecule has 0 spiro atoms. The molecule has 24 heavy (non-hydrogen) atoms. The average Bonchev–Trinajstić information content (AvgIpc) is 3.47. The van der Waals surface area contributed by atoms with Gasteiger partial charge in [-0.05, 0) is 36.8 Å². The van der Waals surface area contributed by atoms with Gasteiger partial charge in [0, 0.05) is 31.0 Å². The summed E-state index contributed by atoms with van der Waals surface area (Å²) in [5.74, 6) is 2.44. The third kappa shape index (κ3) is 3.22. The number of nitrogens with two attached hydrogens (primary N) is 1. The van der Waals surface area contributed by atoms with E-state index in [0.717, 1.165) is 36.6 Å². The number of aromatic nitrogens is 2. The molecular formula is C19H24N4O. The maximum Gasteiger partial charge on any atom is 0.222 e. The fourth-order valence-corrected chi connectivity index (χ4v) is 3.57. The van der Waals surface area contributed by atoms with E-state index in [1.165, 1.54) is 24.8 Å². The summed E-state index contributed by atoms with van der Waals surface area (Å²) >= 11 is 0. The highest BCUT2D eigenvalue weighted by atomic mass is 16.3. The Labute approximate surface area is 142 Å². The van der Waals surface area contributed by atoms with Gasteiger partial charge in [-0.1, -0.05) is 24.3 Å². The minimum Gasteiger partial charge on any atom is -0.392 e. The second kappa shape index (κ2) is 6.40. The van der Waals surface area contributed by atoms with Crippen LogP contribution in [0.25, 0.3) is 0 Å². The molecule has 0 radical (unpaired) electrons. The molecule has 3 N–H and O–H groups in total. The third-order valence-corrected chi connectivity index (χ3v) is 5.12. The van der Waals surface area contributed by atoms with Crippen LogP contribution in [-0.2, 0) is 6.61 Å². The largest absolute Gasteiger partial charge is 0.392 e. The van der Waals surface area contributed by atoms with Gasteiger partial charge in [-0.2, -0.15) is 4.98 Å². The third-order valence-electron chi connectivity index (χ3n) is 5.12. The maximum absolute atomic E-state index is 9.20. The molecule has 1 saturated heterocycles. The number of aliphatic hydroxyl groups is 1. The van der Waals surface area contributed by atoms with E-state index in [-0.39, 0.29) is 6.61 Å². The molecule has 1 atom stereocenters. The fraction of sp³-hybridized carbons (Fsp3) is 0.474. The van der Waals surface area contributed by atoms with Gasteiger partial charge in [0.1, 0.15) is 5.82 Å². The zero-order chi connectivity index (χ0) is 16.5. The first kappa shape index (κ1) is 15.4. The molecule has 2 heterocycles. The van der Waals surface area contributed by atoms with E-state index < -0.39 is 0 Å². The van der Waals surface area contributed by atoms with Crippen molar-refractivity contribution in [2.45, 2.75) is 44.1 Å². The number of hydrogen-bond acceptors (Lipinski definition) is 5. The molecule has 0 bridgehead atoms. The van der Waals surface area contributed by atoms with Crippen LogP contribution in [0.1, 0.15) is 54.3 Å². The van der Waals surface area contributed by atoms with Crippen molar-refractivity contribution in [1.82, 2.24) is 9.97 Å². The predicted molar refractivity (Wildman–Crippen MR) is 95.0 cm³/mol. The summed E-state index contributed by atoms with van der Waals surface area (Å²) in [4.78, 5) is 11.2. The molecule has 126 valence electrons. The highest BCUT2D eigenvalue weighted by Crippen LogP contribution is 2.40. The summed E-state index contributed by atoms with van der Waals surface area (Å²) in [6.45, 7) is 2.08. The summed E-state index contributed by atoms with van der Waals surface area (Å²) < 4.78 is 0. The lowest BCUT2D eigenvalue weighted by Gasteiger charge is -2.34. The fourth-order valence-electron chi connectivity index (χ4n) is 3.57. The Morgan fingerprint density at radius 3 is 2.58 bits per heavy atom. The Kier molecular flexibility index (Phi) is 4.10. The first-order valence-electron chi connectivity index (χ1n) is 8.82. The first-order valence-corrected chi connectivity index (χ1v) is 8.82. The number of nitrogen functional groups attached to an aromatic ring is 1.